The van der Waals surface area contributed by atoms with Crippen molar-refractivity contribution in [2.24, 2.45) is 0 Å². The minimum Gasteiger partial charge on any atom is -0.334 e. The van der Waals surface area contributed by atoms with Crippen molar-refractivity contribution >= 4 is 21.9 Å². The molecule has 0 unspecified atom stereocenters. The monoisotopic (exact) mass is 305 g/mol. The molecule has 18 heavy (non-hydrogen) atoms. The highest BCUT2D eigenvalue weighted by atomic mass is 79.9. The van der Waals surface area contributed by atoms with Gasteiger partial charge >= 0.3 is 0 Å². The quantitative estimate of drug-likeness (QED) is 0.853. The predicted molar refractivity (Wildman–Crippen MR) is 73.0 cm³/mol. The second-order valence-electron chi connectivity index (χ2n) is 4.09. The number of para-hydroxylation sites is 1. The molecule has 1 aliphatic rings. The van der Waals surface area contributed by atoms with E-state index < -0.39 is 0 Å². The van der Waals surface area contributed by atoms with Crippen molar-refractivity contribution in [1.82, 2.24) is 20.2 Å². The number of nitrogens with zero attached hydrogens (tertiary/aromatic N) is 5. The molecule has 6 heteroatoms. The van der Waals surface area contributed by atoms with Crippen molar-refractivity contribution in [3.8, 4) is 5.69 Å². The van der Waals surface area contributed by atoms with Crippen molar-refractivity contribution in [3.05, 3.63) is 40.9 Å². The average molecular weight is 306 g/mol. The van der Waals surface area contributed by atoms with Crippen LogP contribution in [0, 0.1) is 0 Å². The maximum Gasteiger partial charge on any atom is 0.250 e. The number of aromatic nitrogens is 4. The van der Waals surface area contributed by atoms with E-state index in [0.29, 0.717) is 0 Å². The van der Waals surface area contributed by atoms with Gasteiger partial charge in [0.05, 0.1) is 12.2 Å². The Hall–Kier alpha value is -1.69. The maximum atomic E-state index is 4.13. The van der Waals surface area contributed by atoms with E-state index >= 15 is 0 Å². The van der Waals surface area contributed by atoms with E-state index in [1.54, 1.807) is 4.68 Å². The highest BCUT2D eigenvalue weighted by Crippen LogP contribution is 2.21. The number of benzene rings is 1. The van der Waals surface area contributed by atoms with Crippen LogP contribution < -0.4 is 4.90 Å². The van der Waals surface area contributed by atoms with Crippen molar-refractivity contribution < 1.29 is 0 Å². The highest BCUT2D eigenvalue weighted by molar-refractivity contribution is 9.11. The van der Waals surface area contributed by atoms with Gasteiger partial charge in [-0.15, -0.1) is 0 Å². The number of hydrogen-bond acceptors (Lipinski definition) is 4. The summed E-state index contributed by atoms with van der Waals surface area (Å²) in [5.74, 6) is 0.784. The number of tetrazole rings is 1. The van der Waals surface area contributed by atoms with Crippen LogP contribution in [0.2, 0.25) is 0 Å². The summed E-state index contributed by atoms with van der Waals surface area (Å²) in [5.41, 5.74) is 0.975. The van der Waals surface area contributed by atoms with Crippen LogP contribution in [0.1, 0.15) is 6.42 Å². The summed E-state index contributed by atoms with van der Waals surface area (Å²) in [6, 6.07) is 9.93. The lowest BCUT2D eigenvalue weighted by molar-refractivity contribution is 0.743. The normalized spacial score (nSPS) is 15.6. The fraction of sp³-hybridized carbons (Fsp3) is 0.250. The maximum absolute atomic E-state index is 4.13. The van der Waals surface area contributed by atoms with E-state index in [0.717, 1.165) is 31.1 Å². The van der Waals surface area contributed by atoms with Crippen LogP contribution in [-0.4, -0.2) is 33.3 Å². The third-order valence-corrected chi connectivity index (χ3v) is 3.42. The Morgan fingerprint density at radius 1 is 1.17 bits per heavy atom. The van der Waals surface area contributed by atoms with Gasteiger partial charge in [-0.25, -0.2) is 0 Å². The molecule has 0 amide bonds. The van der Waals surface area contributed by atoms with Crippen molar-refractivity contribution in [2.45, 2.75) is 6.42 Å². The fourth-order valence-corrected chi connectivity index (χ4v) is 2.52. The molecule has 0 saturated carbocycles. The van der Waals surface area contributed by atoms with Crippen LogP contribution >= 0.6 is 15.9 Å². The Kier molecular flexibility index (Phi) is 3.10. The molecule has 1 aliphatic heterocycles. The molecule has 2 aromatic rings. The summed E-state index contributed by atoms with van der Waals surface area (Å²) in [7, 11) is 0. The molecule has 1 aromatic carbocycles. The summed E-state index contributed by atoms with van der Waals surface area (Å²) < 4.78 is 2.95. The van der Waals surface area contributed by atoms with Gasteiger partial charge in [0, 0.05) is 11.0 Å². The van der Waals surface area contributed by atoms with Gasteiger partial charge in [0.25, 0.3) is 5.95 Å². The number of rotatable bonds is 2. The third kappa shape index (κ3) is 2.15. The molecule has 1 aromatic heterocycles. The second-order valence-corrected chi connectivity index (χ2v) is 5.11. The minimum atomic E-state index is 0.784. The molecule has 5 nitrogen and oxygen atoms in total. The Balaban J connectivity index is 1.95. The Morgan fingerprint density at radius 3 is 2.78 bits per heavy atom. The van der Waals surface area contributed by atoms with Gasteiger partial charge in [0.2, 0.25) is 0 Å². The number of hydrogen-bond donors (Lipinski definition) is 0. The zero-order chi connectivity index (χ0) is 12.4. The standard InChI is InChI=1S/C12H12BrN5/c13-10-5-4-8-17(9-10)12-14-15-16-18(12)11-6-2-1-3-7-11/h1-3,5-7H,4,8-9H2. The van der Waals surface area contributed by atoms with E-state index in [9.17, 15) is 0 Å². The molecule has 2 heterocycles. The van der Waals surface area contributed by atoms with Crippen molar-refractivity contribution in [2.75, 3.05) is 18.0 Å². The molecule has 3 rings (SSSR count). The van der Waals surface area contributed by atoms with Gasteiger partial charge in [0.1, 0.15) is 0 Å². The number of halogens is 1. The Bertz CT molecular complexity index is 563. The molecule has 0 radical (unpaired) electrons. The van der Waals surface area contributed by atoms with Crippen LogP contribution in [0.25, 0.3) is 5.69 Å². The van der Waals surface area contributed by atoms with Crippen molar-refractivity contribution in [3.63, 3.8) is 0 Å². The van der Waals surface area contributed by atoms with Gasteiger partial charge < -0.3 is 4.90 Å². The average Bonchev–Trinajstić information content (AvgIpc) is 2.89. The van der Waals surface area contributed by atoms with Crippen LogP contribution in [0.3, 0.4) is 0 Å². The largest absolute Gasteiger partial charge is 0.334 e. The first-order valence-electron chi connectivity index (χ1n) is 5.78. The van der Waals surface area contributed by atoms with Gasteiger partial charge in [-0.3, -0.25) is 0 Å². The Labute approximate surface area is 113 Å². The molecule has 0 atom stereocenters. The van der Waals surface area contributed by atoms with Crippen LogP contribution in [0.5, 0.6) is 0 Å². The molecule has 0 fully saturated rings. The first-order chi connectivity index (χ1) is 8.84. The highest BCUT2D eigenvalue weighted by Gasteiger charge is 2.18. The minimum absolute atomic E-state index is 0.784. The van der Waals surface area contributed by atoms with E-state index in [1.807, 2.05) is 30.3 Å². The van der Waals surface area contributed by atoms with E-state index in [4.69, 9.17) is 0 Å². The van der Waals surface area contributed by atoms with Gasteiger partial charge in [0.15, 0.2) is 0 Å². The number of anilines is 1. The summed E-state index contributed by atoms with van der Waals surface area (Å²) in [5, 5.41) is 12.0. The Morgan fingerprint density at radius 2 is 2.00 bits per heavy atom. The summed E-state index contributed by atoms with van der Waals surface area (Å²) in [6.45, 7) is 1.75. The molecule has 0 saturated heterocycles. The zero-order valence-electron chi connectivity index (χ0n) is 9.70. The zero-order valence-corrected chi connectivity index (χ0v) is 11.3. The summed E-state index contributed by atoms with van der Waals surface area (Å²) in [4.78, 5) is 2.16. The first-order valence-corrected chi connectivity index (χ1v) is 6.57. The van der Waals surface area contributed by atoms with Crippen LogP contribution in [-0.2, 0) is 0 Å². The van der Waals surface area contributed by atoms with Crippen molar-refractivity contribution in [1.29, 1.82) is 0 Å². The van der Waals surface area contributed by atoms with Crippen LogP contribution in [0.15, 0.2) is 40.9 Å². The topological polar surface area (TPSA) is 46.8 Å². The summed E-state index contributed by atoms with van der Waals surface area (Å²) in [6.07, 6.45) is 3.19. The molecular formula is C12H12BrN5. The lowest BCUT2D eigenvalue weighted by Crippen LogP contribution is -2.31. The van der Waals surface area contributed by atoms with E-state index in [-0.39, 0.29) is 0 Å². The molecular weight excluding hydrogens is 294 g/mol. The lowest BCUT2D eigenvalue weighted by Gasteiger charge is -2.25. The van der Waals surface area contributed by atoms with Gasteiger partial charge in [-0.1, -0.05) is 45.3 Å². The second kappa shape index (κ2) is 4.89. The van der Waals surface area contributed by atoms with E-state index in [1.165, 1.54) is 4.48 Å². The van der Waals surface area contributed by atoms with Gasteiger partial charge in [-0.05, 0) is 29.0 Å². The molecule has 0 spiro atoms. The van der Waals surface area contributed by atoms with E-state index in [2.05, 4.69) is 42.4 Å². The molecule has 0 aliphatic carbocycles. The van der Waals surface area contributed by atoms with Crippen LogP contribution in [0.4, 0.5) is 5.95 Å². The molecule has 0 bridgehead atoms. The third-order valence-electron chi connectivity index (χ3n) is 2.84. The smallest absolute Gasteiger partial charge is 0.250 e. The SMILES string of the molecule is BrC1=CCCN(c2nnnn2-c2ccccc2)C1. The molecule has 92 valence electrons. The first kappa shape index (κ1) is 11.4. The fourth-order valence-electron chi connectivity index (χ4n) is 1.99. The molecule has 0 N–H and O–H groups in total. The van der Waals surface area contributed by atoms with Gasteiger partial charge in [-0.2, -0.15) is 4.68 Å². The predicted octanol–water partition coefficient (Wildman–Crippen LogP) is 2.15. The lowest BCUT2D eigenvalue weighted by atomic mass is 10.2. The summed E-state index contributed by atoms with van der Waals surface area (Å²) >= 11 is 3.54.